The molecule has 0 bridgehead atoms. The topological polar surface area (TPSA) is 75.3 Å². The maximum Gasteiger partial charge on any atom is 0.238 e. The van der Waals surface area contributed by atoms with Gasteiger partial charge in [-0.05, 0) is 33.1 Å². The Bertz CT molecular complexity index is 324. The summed E-state index contributed by atoms with van der Waals surface area (Å²) in [6, 6.07) is -0.597. The van der Waals surface area contributed by atoms with Gasteiger partial charge >= 0.3 is 0 Å². The number of rotatable bonds is 3. The van der Waals surface area contributed by atoms with Crippen LogP contribution in [0.1, 0.15) is 33.1 Å². The Morgan fingerprint density at radius 3 is 2.67 bits per heavy atom. The van der Waals surface area contributed by atoms with Crippen LogP contribution in [0.2, 0.25) is 0 Å². The molecule has 0 spiro atoms. The zero-order chi connectivity index (χ0) is 11.5. The van der Waals surface area contributed by atoms with E-state index in [0.717, 1.165) is 12.8 Å². The highest BCUT2D eigenvalue weighted by molar-refractivity contribution is 7.90. The zero-order valence-corrected chi connectivity index (χ0v) is 9.93. The molecule has 0 aromatic heterocycles. The SMILES string of the molecule is CC(C)S(=O)(=O)NC1CCCCNC1=O. The first kappa shape index (κ1) is 12.4. The molecule has 1 fully saturated rings. The summed E-state index contributed by atoms with van der Waals surface area (Å²) < 4.78 is 25.6. The van der Waals surface area contributed by atoms with Crippen molar-refractivity contribution in [3.63, 3.8) is 0 Å². The summed E-state index contributed by atoms with van der Waals surface area (Å²) in [7, 11) is -3.36. The minimum absolute atomic E-state index is 0.211. The molecule has 6 heteroatoms. The highest BCUT2D eigenvalue weighted by atomic mass is 32.2. The summed E-state index contributed by atoms with van der Waals surface area (Å²) in [4.78, 5) is 11.5. The molecule has 0 radical (unpaired) electrons. The van der Waals surface area contributed by atoms with Gasteiger partial charge in [0.05, 0.1) is 5.25 Å². The van der Waals surface area contributed by atoms with Gasteiger partial charge in [0.2, 0.25) is 15.9 Å². The van der Waals surface area contributed by atoms with Gasteiger partial charge in [0, 0.05) is 6.54 Å². The van der Waals surface area contributed by atoms with Gasteiger partial charge in [-0.15, -0.1) is 0 Å². The Hall–Kier alpha value is -0.620. The van der Waals surface area contributed by atoms with Gasteiger partial charge in [0.15, 0.2) is 0 Å². The molecular formula is C9H18N2O3S. The van der Waals surface area contributed by atoms with Crippen LogP contribution < -0.4 is 10.0 Å². The van der Waals surface area contributed by atoms with Crippen LogP contribution in [0.3, 0.4) is 0 Å². The number of amides is 1. The first-order valence-corrected chi connectivity index (χ1v) is 6.77. The smallest absolute Gasteiger partial charge is 0.238 e. The highest BCUT2D eigenvalue weighted by Crippen LogP contribution is 2.08. The van der Waals surface area contributed by atoms with Crippen molar-refractivity contribution in [2.75, 3.05) is 6.54 Å². The van der Waals surface area contributed by atoms with Gasteiger partial charge in [-0.3, -0.25) is 4.79 Å². The number of nitrogens with one attached hydrogen (secondary N) is 2. The summed E-state index contributed by atoms with van der Waals surface area (Å²) in [5.41, 5.74) is 0. The lowest BCUT2D eigenvalue weighted by Crippen LogP contribution is -2.47. The minimum atomic E-state index is -3.36. The second kappa shape index (κ2) is 4.94. The summed E-state index contributed by atoms with van der Waals surface area (Å²) in [6.45, 7) is 3.83. The van der Waals surface area contributed by atoms with E-state index >= 15 is 0 Å². The van der Waals surface area contributed by atoms with Crippen molar-refractivity contribution >= 4 is 15.9 Å². The lowest BCUT2D eigenvalue weighted by Gasteiger charge is -2.17. The zero-order valence-electron chi connectivity index (χ0n) is 9.12. The average molecular weight is 234 g/mol. The summed E-state index contributed by atoms with van der Waals surface area (Å²) in [5.74, 6) is -0.211. The maximum absolute atomic E-state index is 11.6. The van der Waals surface area contributed by atoms with Crippen LogP contribution in [-0.2, 0) is 14.8 Å². The fourth-order valence-corrected chi connectivity index (χ4v) is 2.28. The van der Waals surface area contributed by atoms with E-state index in [1.165, 1.54) is 0 Å². The Morgan fingerprint density at radius 1 is 1.40 bits per heavy atom. The number of carbonyl (C=O) groups is 1. The van der Waals surface area contributed by atoms with Crippen molar-refractivity contribution < 1.29 is 13.2 Å². The van der Waals surface area contributed by atoms with Crippen molar-refractivity contribution in [1.82, 2.24) is 10.0 Å². The number of hydrogen-bond acceptors (Lipinski definition) is 3. The second-order valence-corrected chi connectivity index (χ2v) is 6.32. The number of hydrogen-bond donors (Lipinski definition) is 2. The number of sulfonamides is 1. The molecule has 5 nitrogen and oxygen atoms in total. The van der Waals surface area contributed by atoms with Crippen LogP contribution in [0.15, 0.2) is 0 Å². The summed E-state index contributed by atoms with van der Waals surface area (Å²) >= 11 is 0. The molecule has 0 saturated carbocycles. The molecule has 0 aromatic rings. The fraction of sp³-hybridized carbons (Fsp3) is 0.889. The quantitative estimate of drug-likeness (QED) is 0.721. The lowest BCUT2D eigenvalue weighted by molar-refractivity contribution is -0.122. The molecule has 1 amide bonds. The molecule has 1 rings (SSSR count). The molecule has 1 aliphatic rings. The first-order valence-electron chi connectivity index (χ1n) is 5.22. The van der Waals surface area contributed by atoms with E-state index < -0.39 is 21.3 Å². The van der Waals surface area contributed by atoms with Gasteiger partial charge in [-0.2, -0.15) is 0 Å². The Balaban J connectivity index is 2.67. The van der Waals surface area contributed by atoms with E-state index in [2.05, 4.69) is 10.0 Å². The molecule has 88 valence electrons. The predicted octanol–water partition coefficient (Wildman–Crippen LogP) is -0.0171. The van der Waals surface area contributed by atoms with Crippen molar-refractivity contribution in [3.8, 4) is 0 Å². The predicted molar refractivity (Wildman–Crippen MR) is 57.8 cm³/mol. The molecule has 1 heterocycles. The molecule has 1 unspecified atom stereocenters. The molecule has 1 aliphatic heterocycles. The van der Waals surface area contributed by atoms with Crippen molar-refractivity contribution in [1.29, 1.82) is 0 Å². The molecule has 1 atom stereocenters. The van der Waals surface area contributed by atoms with Crippen molar-refractivity contribution in [3.05, 3.63) is 0 Å². The van der Waals surface area contributed by atoms with Gasteiger partial charge < -0.3 is 5.32 Å². The normalized spacial score (nSPS) is 23.7. The molecule has 0 aliphatic carbocycles. The largest absolute Gasteiger partial charge is 0.355 e. The van der Waals surface area contributed by atoms with Gasteiger partial charge in [0.1, 0.15) is 6.04 Å². The maximum atomic E-state index is 11.6. The molecule has 1 saturated heterocycles. The molecule has 0 aromatic carbocycles. The van der Waals surface area contributed by atoms with Crippen LogP contribution in [-0.4, -0.2) is 32.2 Å². The summed E-state index contributed by atoms with van der Waals surface area (Å²) in [6.07, 6.45) is 2.35. The van der Waals surface area contributed by atoms with Gasteiger partial charge in [-0.1, -0.05) is 0 Å². The van der Waals surface area contributed by atoms with E-state index in [1.807, 2.05) is 0 Å². The third kappa shape index (κ3) is 3.46. The van der Waals surface area contributed by atoms with Crippen LogP contribution in [0.4, 0.5) is 0 Å². The first-order chi connectivity index (χ1) is 6.93. The standard InChI is InChI=1S/C9H18N2O3S/c1-7(2)15(13,14)11-8-5-3-4-6-10-9(8)12/h7-8,11H,3-6H2,1-2H3,(H,10,12). The van der Waals surface area contributed by atoms with Crippen LogP contribution >= 0.6 is 0 Å². The van der Waals surface area contributed by atoms with Crippen LogP contribution in [0, 0.1) is 0 Å². The Labute approximate surface area is 90.7 Å². The molecule has 15 heavy (non-hydrogen) atoms. The molecule has 2 N–H and O–H groups in total. The van der Waals surface area contributed by atoms with E-state index in [9.17, 15) is 13.2 Å². The Kier molecular flexibility index (Phi) is 4.10. The van der Waals surface area contributed by atoms with Crippen molar-refractivity contribution in [2.45, 2.75) is 44.4 Å². The Morgan fingerprint density at radius 2 is 2.07 bits per heavy atom. The summed E-state index contributed by atoms with van der Waals surface area (Å²) in [5, 5.41) is 2.18. The highest BCUT2D eigenvalue weighted by Gasteiger charge is 2.27. The van der Waals surface area contributed by atoms with E-state index in [4.69, 9.17) is 0 Å². The molecular weight excluding hydrogens is 216 g/mol. The second-order valence-electron chi connectivity index (χ2n) is 4.05. The third-order valence-corrected chi connectivity index (χ3v) is 4.32. The van der Waals surface area contributed by atoms with Gasteiger partial charge in [-0.25, -0.2) is 13.1 Å². The number of carbonyl (C=O) groups excluding carboxylic acids is 1. The van der Waals surface area contributed by atoms with E-state index in [1.54, 1.807) is 13.8 Å². The average Bonchev–Trinajstić information content (AvgIpc) is 2.31. The third-order valence-electron chi connectivity index (χ3n) is 2.46. The van der Waals surface area contributed by atoms with E-state index in [-0.39, 0.29) is 5.91 Å². The lowest BCUT2D eigenvalue weighted by atomic mass is 10.1. The minimum Gasteiger partial charge on any atom is -0.355 e. The fourth-order valence-electron chi connectivity index (χ4n) is 1.39. The van der Waals surface area contributed by atoms with Crippen molar-refractivity contribution in [2.24, 2.45) is 0 Å². The van der Waals surface area contributed by atoms with E-state index in [0.29, 0.717) is 13.0 Å². The van der Waals surface area contributed by atoms with Crippen LogP contribution in [0.25, 0.3) is 0 Å². The van der Waals surface area contributed by atoms with Crippen LogP contribution in [0.5, 0.6) is 0 Å². The van der Waals surface area contributed by atoms with Gasteiger partial charge in [0.25, 0.3) is 0 Å². The monoisotopic (exact) mass is 234 g/mol.